The molecule has 0 amide bonds. The molecule has 0 saturated carbocycles. The second-order valence-electron chi connectivity index (χ2n) is 6.88. The van der Waals surface area contributed by atoms with E-state index >= 15 is 0 Å². The third-order valence-corrected chi connectivity index (χ3v) is 5.24. The number of nitrogens with zero attached hydrogens (tertiary/aromatic N) is 1. The lowest BCUT2D eigenvalue weighted by Crippen LogP contribution is -2.18. The smallest absolute Gasteiger partial charge is 0.0943 e. The number of pyridine rings is 1. The zero-order valence-corrected chi connectivity index (χ0v) is 14.5. The first-order valence-corrected chi connectivity index (χ1v) is 9.18. The molecule has 5 rings (SSSR count). The van der Waals surface area contributed by atoms with E-state index in [1.165, 1.54) is 22.2 Å². The molecule has 1 aliphatic rings. The largest absolute Gasteiger partial charge is 0.376 e. The first-order chi connectivity index (χ1) is 12.9. The Bertz CT molecular complexity index is 1060. The maximum atomic E-state index is 5.02. The Labute approximate surface area is 153 Å². The number of fused-ring (bicyclic) bond motifs is 3. The molecule has 2 heterocycles. The summed E-state index contributed by atoms with van der Waals surface area (Å²) in [5.41, 5.74) is 7.15. The third kappa shape index (κ3) is 2.64. The van der Waals surface area contributed by atoms with Crippen LogP contribution in [0.25, 0.3) is 22.2 Å². The van der Waals surface area contributed by atoms with E-state index in [2.05, 4.69) is 84.2 Å². The molecule has 0 saturated heterocycles. The maximum Gasteiger partial charge on any atom is 0.0943 e. The molecule has 2 heteroatoms. The van der Waals surface area contributed by atoms with Crippen LogP contribution in [-0.4, -0.2) is 4.98 Å². The summed E-state index contributed by atoms with van der Waals surface area (Å²) in [6.45, 7) is 0. The Morgan fingerprint density at radius 3 is 2.31 bits per heavy atom. The molecule has 1 atom stereocenters. The number of rotatable bonds is 2. The van der Waals surface area contributed by atoms with Gasteiger partial charge in [-0.05, 0) is 30.0 Å². The van der Waals surface area contributed by atoms with Crippen LogP contribution in [0.3, 0.4) is 0 Å². The summed E-state index contributed by atoms with van der Waals surface area (Å²) in [7, 11) is 0. The number of aromatic nitrogens is 1. The van der Waals surface area contributed by atoms with Crippen LogP contribution in [0.4, 0.5) is 5.69 Å². The van der Waals surface area contributed by atoms with Crippen molar-refractivity contribution in [1.82, 2.24) is 4.98 Å². The van der Waals surface area contributed by atoms with Gasteiger partial charge in [0.2, 0.25) is 0 Å². The maximum absolute atomic E-state index is 5.02. The van der Waals surface area contributed by atoms with Crippen molar-refractivity contribution in [2.24, 2.45) is 0 Å². The number of nitrogens with one attached hydrogen (secondary N) is 1. The van der Waals surface area contributed by atoms with Gasteiger partial charge in [0.25, 0.3) is 0 Å². The second kappa shape index (κ2) is 6.30. The number of hydrogen-bond donors (Lipinski definition) is 1. The monoisotopic (exact) mass is 336 g/mol. The van der Waals surface area contributed by atoms with Gasteiger partial charge in [-0.1, -0.05) is 78.9 Å². The SMILES string of the molecule is c1ccc(-c2ccc3ccc4c(c3n2)NC(c2ccccc2)CC4)cc1. The Morgan fingerprint density at radius 1 is 0.769 bits per heavy atom. The van der Waals surface area contributed by atoms with Crippen LogP contribution in [-0.2, 0) is 6.42 Å². The lowest BCUT2D eigenvalue weighted by molar-refractivity contribution is 0.669. The van der Waals surface area contributed by atoms with Crippen LogP contribution in [0.2, 0.25) is 0 Å². The fourth-order valence-electron chi connectivity index (χ4n) is 3.85. The fourth-order valence-corrected chi connectivity index (χ4v) is 3.85. The highest BCUT2D eigenvalue weighted by Gasteiger charge is 2.21. The highest BCUT2D eigenvalue weighted by Crippen LogP contribution is 2.37. The van der Waals surface area contributed by atoms with Gasteiger partial charge in [0.15, 0.2) is 0 Å². The molecule has 1 N–H and O–H groups in total. The van der Waals surface area contributed by atoms with Gasteiger partial charge in [0, 0.05) is 10.9 Å². The summed E-state index contributed by atoms with van der Waals surface area (Å²) >= 11 is 0. The number of anilines is 1. The first kappa shape index (κ1) is 15.2. The summed E-state index contributed by atoms with van der Waals surface area (Å²) in [4.78, 5) is 5.02. The van der Waals surface area contributed by atoms with E-state index in [0.29, 0.717) is 6.04 Å². The molecular weight excluding hydrogens is 316 g/mol. The highest BCUT2D eigenvalue weighted by atomic mass is 15.0. The van der Waals surface area contributed by atoms with Gasteiger partial charge in [-0.15, -0.1) is 0 Å². The van der Waals surface area contributed by atoms with E-state index < -0.39 is 0 Å². The van der Waals surface area contributed by atoms with Gasteiger partial charge in [-0.2, -0.15) is 0 Å². The number of hydrogen-bond acceptors (Lipinski definition) is 2. The Kier molecular flexibility index (Phi) is 3.67. The van der Waals surface area contributed by atoms with Crippen LogP contribution >= 0.6 is 0 Å². The predicted octanol–water partition coefficient (Wildman–Crippen LogP) is 6.00. The van der Waals surface area contributed by atoms with E-state index in [9.17, 15) is 0 Å². The second-order valence-corrected chi connectivity index (χ2v) is 6.88. The van der Waals surface area contributed by atoms with Crippen molar-refractivity contribution in [3.05, 3.63) is 96.1 Å². The first-order valence-electron chi connectivity index (χ1n) is 9.18. The van der Waals surface area contributed by atoms with E-state index in [4.69, 9.17) is 4.98 Å². The van der Waals surface area contributed by atoms with Crippen molar-refractivity contribution in [2.75, 3.05) is 5.32 Å². The molecule has 0 aliphatic carbocycles. The van der Waals surface area contributed by atoms with Crippen LogP contribution in [0.5, 0.6) is 0 Å². The summed E-state index contributed by atoms with van der Waals surface area (Å²) in [6, 6.07) is 30.2. The zero-order chi connectivity index (χ0) is 17.3. The van der Waals surface area contributed by atoms with Crippen molar-refractivity contribution < 1.29 is 0 Å². The molecule has 4 aromatic rings. The Hall–Kier alpha value is -3.13. The summed E-state index contributed by atoms with van der Waals surface area (Å²) < 4.78 is 0. The average Bonchev–Trinajstić information content (AvgIpc) is 2.74. The van der Waals surface area contributed by atoms with Crippen LogP contribution in [0.1, 0.15) is 23.6 Å². The van der Waals surface area contributed by atoms with E-state index in [1.54, 1.807) is 0 Å². The highest BCUT2D eigenvalue weighted by molar-refractivity contribution is 5.94. The van der Waals surface area contributed by atoms with E-state index in [0.717, 1.165) is 29.6 Å². The van der Waals surface area contributed by atoms with Gasteiger partial charge in [0.05, 0.1) is 22.9 Å². The Morgan fingerprint density at radius 2 is 1.50 bits per heavy atom. The minimum atomic E-state index is 0.344. The summed E-state index contributed by atoms with van der Waals surface area (Å²) in [5.74, 6) is 0. The average molecular weight is 336 g/mol. The van der Waals surface area contributed by atoms with Crippen LogP contribution in [0, 0.1) is 0 Å². The fraction of sp³-hybridized carbons (Fsp3) is 0.125. The minimum absolute atomic E-state index is 0.344. The van der Waals surface area contributed by atoms with Gasteiger partial charge in [0.1, 0.15) is 0 Å². The van der Waals surface area contributed by atoms with Gasteiger partial charge < -0.3 is 5.32 Å². The standard InChI is InChI=1S/C24H20N2/c1-3-7-17(8-4-1)21-15-13-19-11-12-20-14-16-22(18-9-5-2-6-10-18)26-24(20)23(19)25-21/h1-13,15,22,26H,14,16H2. The lowest BCUT2D eigenvalue weighted by Gasteiger charge is -2.28. The van der Waals surface area contributed by atoms with Crippen LogP contribution < -0.4 is 5.32 Å². The molecular formula is C24H20N2. The number of benzene rings is 3. The molecule has 1 aliphatic heterocycles. The van der Waals surface area contributed by atoms with E-state index in [1.807, 2.05) is 6.07 Å². The van der Waals surface area contributed by atoms with Gasteiger partial charge in [-0.25, -0.2) is 4.98 Å². The van der Waals surface area contributed by atoms with Crippen molar-refractivity contribution in [2.45, 2.75) is 18.9 Å². The zero-order valence-electron chi connectivity index (χ0n) is 14.5. The molecule has 0 fully saturated rings. The topological polar surface area (TPSA) is 24.9 Å². The van der Waals surface area contributed by atoms with Gasteiger partial charge >= 0.3 is 0 Å². The normalized spacial score (nSPS) is 16.1. The minimum Gasteiger partial charge on any atom is -0.376 e. The molecule has 126 valence electrons. The van der Waals surface area contributed by atoms with E-state index in [-0.39, 0.29) is 0 Å². The molecule has 0 spiro atoms. The Balaban J connectivity index is 1.61. The lowest BCUT2D eigenvalue weighted by atomic mass is 9.92. The molecule has 26 heavy (non-hydrogen) atoms. The van der Waals surface area contributed by atoms with Crippen molar-refractivity contribution >= 4 is 16.6 Å². The number of aryl methyl sites for hydroxylation is 1. The summed E-state index contributed by atoms with van der Waals surface area (Å²) in [6.07, 6.45) is 2.19. The molecule has 2 nitrogen and oxygen atoms in total. The molecule has 1 unspecified atom stereocenters. The molecule has 3 aromatic carbocycles. The van der Waals surface area contributed by atoms with Gasteiger partial charge in [-0.3, -0.25) is 0 Å². The van der Waals surface area contributed by atoms with Crippen LogP contribution in [0.15, 0.2) is 84.9 Å². The summed E-state index contributed by atoms with van der Waals surface area (Å²) in [5, 5.41) is 4.96. The third-order valence-electron chi connectivity index (χ3n) is 5.24. The molecule has 0 radical (unpaired) electrons. The van der Waals surface area contributed by atoms with Crippen molar-refractivity contribution in [3.63, 3.8) is 0 Å². The quantitative estimate of drug-likeness (QED) is 0.485. The van der Waals surface area contributed by atoms with Crippen molar-refractivity contribution in [1.29, 1.82) is 0 Å². The molecule has 1 aromatic heterocycles. The van der Waals surface area contributed by atoms with Crippen molar-refractivity contribution in [3.8, 4) is 11.3 Å². The molecule has 0 bridgehead atoms. The predicted molar refractivity (Wildman–Crippen MR) is 108 cm³/mol.